The molecule has 98 valence electrons. The minimum Gasteiger partial charge on any atom is -0.497 e. The van der Waals surface area contributed by atoms with Crippen LogP contribution in [0.2, 0.25) is 0 Å². The first-order valence-corrected chi connectivity index (χ1v) is 6.53. The summed E-state index contributed by atoms with van der Waals surface area (Å²) in [6.07, 6.45) is 1.21. The summed E-state index contributed by atoms with van der Waals surface area (Å²) in [4.78, 5) is 14.4. The van der Waals surface area contributed by atoms with Gasteiger partial charge in [-0.2, -0.15) is 0 Å². The van der Waals surface area contributed by atoms with E-state index in [9.17, 15) is 4.79 Å². The Labute approximate surface area is 109 Å². The van der Waals surface area contributed by atoms with Crippen molar-refractivity contribution in [2.75, 3.05) is 20.2 Å². The topological polar surface area (TPSA) is 29.5 Å². The molecule has 2 atom stereocenters. The molecule has 1 amide bonds. The third kappa shape index (κ3) is 2.84. The monoisotopic (exact) mass is 247 g/mol. The van der Waals surface area contributed by atoms with Gasteiger partial charge < -0.3 is 9.64 Å². The number of benzene rings is 1. The Morgan fingerprint density at radius 1 is 1.28 bits per heavy atom. The number of hydrogen-bond donors (Lipinski definition) is 0. The summed E-state index contributed by atoms with van der Waals surface area (Å²) < 4.78 is 5.16. The van der Waals surface area contributed by atoms with Gasteiger partial charge in [0.25, 0.3) is 5.91 Å². The van der Waals surface area contributed by atoms with E-state index in [-0.39, 0.29) is 5.91 Å². The number of rotatable bonds is 2. The molecule has 18 heavy (non-hydrogen) atoms. The predicted octanol–water partition coefficient (Wildman–Crippen LogP) is 2.81. The fourth-order valence-electron chi connectivity index (χ4n) is 2.77. The molecular formula is C15H21NO2. The first kappa shape index (κ1) is 12.9. The lowest BCUT2D eigenvalue weighted by atomic mass is 9.91. The van der Waals surface area contributed by atoms with Gasteiger partial charge >= 0.3 is 0 Å². The van der Waals surface area contributed by atoms with Crippen LogP contribution in [0.25, 0.3) is 0 Å². The second-order valence-corrected chi connectivity index (χ2v) is 5.39. The van der Waals surface area contributed by atoms with Crippen molar-refractivity contribution in [3.63, 3.8) is 0 Å². The number of hydrogen-bond acceptors (Lipinski definition) is 2. The molecule has 0 bridgehead atoms. The first-order chi connectivity index (χ1) is 8.60. The zero-order valence-electron chi connectivity index (χ0n) is 11.3. The standard InChI is InChI=1S/C15H21NO2/c1-11-7-12(2)10-16(9-11)15(17)13-5-4-6-14(8-13)18-3/h4-6,8,11-12H,7,9-10H2,1-3H3/t11-,12-/m1/s1. The molecule has 1 aromatic carbocycles. The summed E-state index contributed by atoms with van der Waals surface area (Å²) in [5.41, 5.74) is 0.718. The zero-order valence-corrected chi connectivity index (χ0v) is 11.3. The minimum atomic E-state index is 0.118. The van der Waals surface area contributed by atoms with E-state index in [4.69, 9.17) is 4.74 Å². The molecule has 1 aliphatic heterocycles. The van der Waals surface area contributed by atoms with Crippen LogP contribution in [0.15, 0.2) is 24.3 Å². The molecule has 1 aromatic rings. The summed E-state index contributed by atoms with van der Waals surface area (Å²) in [5.74, 6) is 2.03. The van der Waals surface area contributed by atoms with Crippen LogP contribution < -0.4 is 4.74 Å². The highest BCUT2D eigenvalue weighted by atomic mass is 16.5. The lowest BCUT2D eigenvalue weighted by molar-refractivity contribution is 0.0623. The quantitative estimate of drug-likeness (QED) is 0.804. The smallest absolute Gasteiger partial charge is 0.254 e. The van der Waals surface area contributed by atoms with E-state index >= 15 is 0 Å². The van der Waals surface area contributed by atoms with Gasteiger partial charge in [-0.25, -0.2) is 0 Å². The lowest BCUT2D eigenvalue weighted by Gasteiger charge is -2.35. The minimum absolute atomic E-state index is 0.118. The molecule has 1 fully saturated rings. The van der Waals surface area contributed by atoms with Crippen molar-refractivity contribution in [2.24, 2.45) is 11.8 Å². The van der Waals surface area contributed by atoms with E-state index in [2.05, 4.69) is 13.8 Å². The molecule has 0 radical (unpaired) electrons. The normalized spacial score (nSPS) is 23.8. The number of methoxy groups -OCH3 is 1. The summed E-state index contributed by atoms with van der Waals surface area (Å²) in [6.45, 7) is 6.14. The number of amides is 1. The number of piperidine rings is 1. The van der Waals surface area contributed by atoms with E-state index in [0.717, 1.165) is 24.4 Å². The van der Waals surface area contributed by atoms with Crippen LogP contribution in [0.1, 0.15) is 30.6 Å². The van der Waals surface area contributed by atoms with Crippen molar-refractivity contribution in [1.82, 2.24) is 4.90 Å². The summed E-state index contributed by atoms with van der Waals surface area (Å²) >= 11 is 0. The largest absolute Gasteiger partial charge is 0.497 e. The highest BCUT2D eigenvalue weighted by Gasteiger charge is 2.26. The molecule has 1 heterocycles. The molecule has 0 spiro atoms. The number of carbonyl (C=O) groups is 1. The van der Waals surface area contributed by atoms with Crippen LogP contribution in [0, 0.1) is 11.8 Å². The first-order valence-electron chi connectivity index (χ1n) is 6.53. The molecule has 1 aliphatic rings. The van der Waals surface area contributed by atoms with Crippen LogP contribution in [0.3, 0.4) is 0 Å². The van der Waals surface area contributed by atoms with Crippen molar-refractivity contribution in [3.8, 4) is 5.75 Å². The second kappa shape index (κ2) is 5.42. The molecule has 1 saturated heterocycles. The predicted molar refractivity (Wildman–Crippen MR) is 71.8 cm³/mol. The highest BCUT2D eigenvalue weighted by Crippen LogP contribution is 2.23. The molecule has 2 rings (SSSR count). The Hall–Kier alpha value is -1.51. The van der Waals surface area contributed by atoms with Gasteiger partial charge in [0, 0.05) is 18.7 Å². The van der Waals surface area contributed by atoms with Gasteiger partial charge in [-0.3, -0.25) is 4.79 Å². The van der Waals surface area contributed by atoms with Crippen molar-refractivity contribution in [2.45, 2.75) is 20.3 Å². The van der Waals surface area contributed by atoms with Crippen molar-refractivity contribution < 1.29 is 9.53 Å². The lowest BCUT2D eigenvalue weighted by Crippen LogP contribution is -2.42. The van der Waals surface area contributed by atoms with Gasteiger partial charge in [0.15, 0.2) is 0 Å². The zero-order chi connectivity index (χ0) is 13.1. The Balaban J connectivity index is 2.14. The van der Waals surface area contributed by atoms with Crippen LogP contribution in [-0.2, 0) is 0 Å². The Morgan fingerprint density at radius 3 is 2.56 bits per heavy atom. The number of nitrogens with zero attached hydrogens (tertiary/aromatic N) is 1. The van der Waals surface area contributed by atoms with Gasteiger partial charge in [0.05, 0.1) is 7.11 Å². The van der Waals surface area contributed by atoms with Crippen molar-refractivity contribution >= 4 is 5.91 Å². The SMILES string of the molecule is COc1cccc(C(=O)N2C[C@H](C)C[C@@H](C)C2)c1. The van der Waals surface area contributed by atoms with E-state index in [0.29, 0.717) is 11.8 Å². The van der Waals surface area contributed by atoms with Gasteiger partial charge in [-0.05, 0) is 36.5 Å². The molecule has 0 aromatic heterocycles. The van der Waals surface area contributed by atoms with E-state index in [1.165, 1.54) is 6.42 Å². The average Bonchev–Trinajstić information content (AvgIpc) is 2.37. The number of ether oxygens (including phenoxy) is 1. The molecule has 0 aliphatic carbocycles. The number of carbonyl (C=O) groups excluding carboxylic acids is 1. The Morgan fingerprint density at radius 2 is 1.94 bits per heavy atom. The van der Waals surface area contributed by atoms with Crippen molar-refractivity contribution in [3.05, 3.63) is 29.8 Å². The van der Waals surface area contributed by atoms with Crippen molar-refractivity contribution in [1.29, 1.82) is 0 Å². The van der Waals surface area contributed by atoms with E-state index in [1.54, 1.807) is 7.11 Å². The third-order valence-electron chi connectivity index (χ3n) is 3.47. The molecule has 0 unspecified atom stereocenters. The molecule has 0 saturated carbocycles. The number of likely N-dealkylation sites (tertiary alicyclic amines) is 1. The maximum absolute atomic E-state index is 12.4. The summed E-state index contributed by atoms with van der Waals surface area (Å²) in [7, 11) is 1.62. The summed E-state index contributed by atoms with van der Waals surface area (Å²) in [6, 6.07) is 7.39. The van der Waals surface area contributed by atoms with E-state index < -0.39 is 0 Å². The Bertz CT molecular complexity index is 420. The molecule has 0 N–H and O–H groups in total. The molecule has 3 heteroatoms. The van der Waals surface area contributed by atoms with Gasteiger partial charge in [0.2, 0.25) is 0 Å². The third-order valence-corrected chi connectivity index (χ3v) is 3.47. The second-order valence-electron chi connectivity index (χ2n) is 5.39. The Kier molecular flexibility index (Phi) is 3.90. The summed E-state index contributed by atoms with van der Waals surface area (Å²) in [5, 5.41) is 0. The average molecular weight is 247 g/mol. The van der Waals surface area contributed by atoms with Gasteiger partial charge in [-0.1, -0.05) is 19.9 Å². The fraction of sp³-hybridized carbons (Fsp3) is 0.533. The highest BCUT2D eigenvalue weighted by molar-refractivity contribution is 5.94. The van der Waals surface area contributed by atoms with Gasteiger partial charge in [-0.15, -0.1) is 0 Å². The van der Waals surface area contributed by atoms with Crippen LogP contribution in [0.5, 0.6) is 5.75 Å². The maximum Gasteiger partial charge on any atom is 0.254 e. The van der Waals surface area contributed by atoms with Gasteiger partial charge in [0.1, 0.15) is 5.75 Å². The molecular weight excluding hydrogens is 226 g/mol. The fourth-order valence-corrected chi connectivity index (χ4v) is 2.77. The maximum atomic E-state index is 12.4. The van der Waals surface area contributed by atoms with E-state index in [1.807, 2.05) is 29.2 Å². The van der Waals surface area contributed by atoms with Crippen LogP contribution in [0.4, 0.5) is 0 Å². The van der Waals surface area contributed by atoms with Crippen LogP contribution in [-0.4, -0.2) is 31.0 Å². The molecule has 3 nitrogen and oxygen atoms in total. The van der Waals surface area contributed by atoms with Crippen LogP contribution >= 0.6 is 0 Å².